The van der Waals surface area contributed by atoms with Crippen molar-refractivity contribution in [3.8, 4) is 0 Å². The zero-order chi connectivity index (χ0) is 15.4. The fraction of sp³-hybridized carbons (Fsp3) is 0.176. The van der Waals surface area contributed by atoms with Crippen LogP contribution >= 0.6 is 0 Å². The number of ether oxygens (including phenoxy) is 1. The summed E-state index contributed by atoms with van der Waals surface area (Å²) in [5, 5.41) is 0.874. The van der Waals surface area contributed by atoms with Gasteiger partial charge in [-0.3, -0.25) is 4.98 Å². The molecule has 0 aliphatic rings. The van der Waals surface area contributed by atoms with Crippen molar-refractivity contribution in [3.63, 3.8) is 0 Å². The van der Waals surface area contributed by atoms with E-state index >= 15 is 0 Å². The second-order valence-electron chi connectivity index (χ2n) is 4.98. The number of aryl methyl sites for hydroxylation is 1. The molecule has 0 saturated carbocycles. The number of fused-ring (bicyclic) bond motifs is 1. The largest absolute Gasteiger partial charge is 0.462 e. The zero-order valence-corrected chi connectivity index (χ0v) is 11.9. The number of aromatic nitrogens is 2. The van der Waals surface area contributed by atoms with E-state index in [1.54, 1.807) is 24.4 Å². The summed E-state index contributed by atoms with van der Waals surface area (Å²) in [6, 6.07) is 8.02. The van der Waals surface area contributed by atoms with E-state index in [-0.39, 0.29) is 11.8 Å². The van der Waals surface area contributed by atoms with Crippen molar-refractivity contribution in [3.05, 3.63) is 65.9 Å². The van der Waals surface area contributed by atoms with E-state index in [0.29, 0.717) is 25.0 Å². The number of aromatic amines is 1. The Balaban J connectivity index is 1.54. The van der Waals surface area contributed by atoms with Crippen molar-refractivity contribution in [2.24, 2.45) is 0 Å². The number of hydrogen-bond acceptors (Lipinski definition) is 3. The highest BCUT2D eigenvalue weighted by Crippen LogP contribution is 2.20. The second kappa shape index (κ2) is 6.39. The van der Waals surface area contributed by atoms with Crippen molar-refractivity contribution in [2.75, 3.05) is 6.61 Å². The third-order valence-corrected chi connectivity index (χ3v) is 3.45. The zero-order valence-electron chi connectivity index (χ0n) is 11.9. The normalized spacial score (nSPS) is 10.8. The van der Waals surface area contributed by atoms with Gasteiger partial charge in [0.1, 0.15) is 5.82 Å². The minimum atomic E-state index is -0.377. The smallest absolute Gasteiger partial charge is 0.339 e. The Morgan fingerprint density at radius 2 is 2.23 bits per heavy atom. The van der Waals surface area contributed by atoms with Crippen LogP contribution in [0.3, 0.4) is 0 Å². The molecule has 0 unspecified atom stereocenters. The fourth-order valence-corrected chi connectivity index (χ4v) is 2.35. The van der Waals surface area contributed by atoms with Crippen LogP contribution in [0.2, 0.25) is 0 Å². The first-order valence-electron chi connectivity index (χ1n) is 7.07. The number of rotatable bonds is 5. The highest BCUT2D eigenvalue weighted by Gasteiger charge is 2.08. The molecule has 2 aromatic heterocycles. The van der Waals surface area contributed by atoms with E-state index in [1.165, 1.54) is 18.3 Å². The summed E-state index contributed by atoms with van der Waals surface area (Å²) >= 11 is 0. The second-order valence-corrected chi connectivity index (χ2v) is 4.98. The summed E-state index contributed by atoms with van der Waals surface area (Å²) < 4.78 is 18.5. The number of benzene rings is 1. The van der Waals surface area contributed by atoms with E-state index in [2.05, 4.69) is 9.97 Å². The first kappa shape index (κ1) is 14.3. The highest BCUT2D eigenvalue weighted by atomic mass is 19.1. The van der Waals surface area contributed by atoms with E-state index in [4.69, 9.17) is 4.74 Å². The number of halogens is 1. The lowest BCUT2D eigenvalue weighted by Gasteiger charge is -2.04. The van der Waals surface area contributed by atoms with Crippen LogP contribution in [0, 0.1) is 5.82 Å². The molecular weight excluding hydrogens is 283 g/mol. The lowest BCUT2D eigenvalue weighted by Crippen LogP contribution is -2.07. The van der Waals surface area contributed by atoms with Gasteiger partial charge < -0.3 is 9.72 Å². The van der Waals surface area contributed by atoms with Gasteiger partial charge in [-0.2, -0.15) is 0 Å². The summed E-state index contributed by atoms with van der Waals surface area (Å²) in [6.45, 7) is 0.315. The number of nitrogens with one attached hydrogen (secondary N) is 1. The van der Waals surface area contributed by atoms with E-state index in [9.17, 15) is 9.18 Å². The third-order valence-electron chi connectivity index (χ3n) is 3.45. The van der Waals surface area contributed by atoms with E-state index in [1.807, 2.05) is 6.20 Å². The molecule has 0 fully saturated rings. The number of nitrogens with zero attached hydrogens (tertiary/aromatic N) is 1. The molecule has 0 aliphatic carbocycles. The Morgan fingerprint density at radius 3 is 3.05 bits per heavy atom. The predicted octanol–water partition coefficient (Wildman–Crippen LogP) is 3.49. The monoisotopic (exact) mass is 298 g/mol. The average molecular weight is 298 g/mol. The molecule has 0 bridgehead atoms. The number of carbonyl (C=O) groups excluding carboxylic acids is 1. The Morgan fingerprint density at radius 1 is 1.32 bits per heavy atom. The number of H-pyrrole nitrogens is 1. The van der Waals surface area contributed by atoms with Crippen LogP contribution in [0.1, 0.15) is 22.3 Å². The summed E-state index contributed by atoms with van der Waals surface area (Å²) in [6.07, 6.45) is 6.34. The molecule has 0 saturated heterocycles. The minimum Gasteiger partial charge on any atom is -0.462 e. The predicted molar refractivity (Wildman–Crippen MR) is 81.1 cm³/mol. The quantitative estimate of drug-likeness (QED) is 0.579. The van der Waals surface area contributed by atoms with Crippen molar-refractivity contribution in [1.82, 2.24) is 9.97 Å². The molecule has 1 aromatic carbocycles. The molecule has 3 rings (SSSR count). The van der Waals surface area contributed by atoms with Crippen LogP contribution in [0.15, 0.2) is 48.9 Å². The van der Waals surface area contributed by atoms with Gasteiger partial charge in [0.25, 0.3) is 0 Å². The van der Waals surface area contributed by atoms with Crippen LogP contribution in [0.25, 0.3) is 10.9 Å². The van der Waals surface area contributed by atoms with Gasteiger partial charge in [0.2, 0.25) is 0 Å². The van der Waals surface area contributed by atoms with Crippen LogP contribution < -0.4 is 0 Å². The molecule has 0 spiro atoms. The standard InChI is InChI=1S/C17H15FN2O2/c18-14-5-6-16-15(9-14)12(11-20-16)4-2-8-22-17(21)13-3-1-7-19-10-13/h1,3,5-7,9-11,20H,2,4,8H2. The topological polar surface area (TPSA) is 55.0 Å². The number of carbonyl (C=O) groups is 1. The van der Waals surface area contributed by atoms with Crippen molar-refractivity contribution in [2.45, 2.75) is 12.8 Å². The lowest BCUT2D eigenvalue weighted by molar-refractivity contribution is 0.0500. The molecule has 3 aromatic rings. The van der Waals surface area contributed by atoms with Crippen molar-refractivity contribution in [1.29, 1.82) is 0 Å². The van der Waals surface area contributed by atoms with E-state index < -0.39 is 0 Å². The molecule has 0 atom stereocenters. The molecule has 0 amide bonds. The summed E-state index contributed by atoms with van der Waals surface area (Å²) in [4.78, 5) is 18.7. The first-order chi connectivity index (χ1) is 10.7. The van der Waals surface area contributed by atoms with Crippen LogP contribution in [-0.4, -0.2) is 22.5 Å². The maximum absolute atomic E-state index is 13.3. The van der Waals surface area contributed by atoms with Crippen molar-refractivity contribution >= 4 is 16.9 Å². The van der Waals surface area contributed by atoms with Gasteiger partial charge in [-0.1, -0.05) is 0 Å². The van der Waals surface area contributed by atoms with Gasteiger partial charge in [0.15, 0.2) is 0 Å². The maximum Gasteiger partial charge on any atom is 0.339 e. The lowest BCUT2D eigenvalue weighted by atomic mass is 10.1. The minimum absolute atomic E-state index is 0.253. The fourth-order valence-electron chi connectivity index (χ4n) is 2.35. The number of esters is 1. The molecule has 4 nitrogen and oxygen atoms in total. The molecule has 112 valence electrons. The van der Waals surface area contributed by atoms with Gasteiger partial charge in [0.05, 0.1) is 12.2 Å². The Hall–Kier alpha value is -2.69. The van der Waals surface area contributed by atoms with Gasteiger partial charge in [-0.05, 0) is 48.7 Å². The van der Waals surface area contributed by atoms with Crippen LogP contribution in [0.4, 0.5) is 4.39 Å². The molecule has 0 aliphatic heterocycles. The molecular formula is C17H15FN2O2. The van der Waals surface area contributed by atoms with Gasteiger partial charge in [0, 0.05) is 29.5 Å². The Kier molecular flexibility index (Phi) is 4.14. The number of pyridine rings is 1. The molecule has 1 N–H and O–H groups in total. The molecule has 5 heteroatoms. The summed E-state index contributed by atoms with van der Waals surface area (Å²) in [5.74, 6) is -0.630. The summed E-state index contributed by atoms with van der Waals surface area (Å²) in [7, 11) is 0. The molecule has 2 heterocycles. The maximum atomic E-state index is 13.3. The van der Waals surface area contributed by atoms with Gasteiger partial charge >= 0.3 is 5.97 Å². The van der Waals surface area contributed by atoms with Crippen molar-refractivity contribution < 1.29 is 13.9 Å². The Bertz CT molecular complexity index is 784. The van der Waals surface area contributed by atoms with E-state index in [0.717, 1.165) is 16.5 Å². The number of hydrogen-bond donors (Lipinski definition) is 1. The third kappa shape index (κ3) is 3.14. The van der Waals surface area contributed by atoms with Crippen LogP contribution in [0.5, 0.6) is 0 Å². The van der Waals surface area contributed by atoms with Crippen LogP contribution in [-0.2, 0) is 11.2 Å². The highest BCUT2D eigenvalue weighted by molar-refractivity contribution is 5.88. The first-order valence-corrected chi connectivity index (χ1v) is 7.07. The average Bonchev–Trinajstić information content (AvgIpc) is 2.94. The van der Waals surface area contributed by atoms with Gasteiger partial charge in [-0.25, -0.2) is 9.18 Å². The Labute approximate surface area is 126 Å². The summed E-state index contributed by atoms with van der Waals surface area (Å²) in [5.41, 5.74) is 2.37. The molecule has 0 radical (unpaired) electrons. The van der Waals surface area contributed by atoms with Gasteiger partial charge in [-0.15, -0.1) is 0 Å². The SMILES string of the molecule is O=C(OCCCc1c[nH]c2ccc(F)cc12)c1cccnc1. The molecule has 22 heavy (non-hydrogen) atoms.